The molecule has 0 spiro atoms. The Balaban J connectivity index is 0.00000240. The van der Waals surface area contributed by atoms with Crippen LogP contribution in [0.25, 0.3) is 0 Å². The fraction of sp³-hybridized carbons (Fsp3) is 0.652. The maximum absolute atomic E-state index is 13.2. The normalized spacial score (nSPS) is 24.5. The summed E-state index contributed by atoms with van der Waals surface area (Å²) in [5.74, 6) is 1.10. The number of carbonyl (C=O) groups excluding carboxylic acids is 2. The number of halogens is 1. The van der Waals surface area contributed by atoms with Gasteiger partial charge in [0, 0.05) is 36.3 Å². The number of benzene rings is 1. The lowest BCUT2D eigenvalue weighted by atomic mass is 9.84. The third-order valence-corrected chi connectivity index (χ3v) is 6.94. The van der Waals surface area contributed by atoms with E-state index in [1.807, 2.05) is 23.1 Å². The first-order chi connectivity index (χ1) is 13.6. The standard InChI is InChI=1S/C23H33N3O2.ClH/c24-20-8-3-9-21-19(20)7-4-14-26(21)23(28)17-10-12-18(13-11-17)25-22(27)15-16-5-1-2-6-16;/h3,8-9,16-18H,1-2,4-7,10-15,24H2,(H,25,27);1H. The van der Waals surface area contributed by atoms with Crippen molar-refractivity contribution in [1.82, 2.24) is 5.32 Å². The van der Waals surface area contributed by atoms with E-state index < -0.39 is 0 Å². The van der Waals surface area contributed by atoms with Gasteiger partial charge in [-0.2, -0.15) is 0 Å². The number of amides is 2. The van der Waals surface area contributed by atoms with E-state index in [2.05, 4.69) is 5.32 Å². The van der Waals surface area contributed by atoms with E-state index in [1.54, 1.807) is 0 Å². The second kappa shape index (κ2) is 9.84. The van der Waals surface area contributed by atoms with Gasteiger partial charge in [-0.3, -0.25) is 9.59 Å². The van der Waals surface area contributed by atoms with Crippen molar-refractivity contribution in [3.8, 4) is 0 Å². The van der Waals surface area contributed by atoms with Crippen molar-refractivity contribution >= 4 is 35.6 Å². The summed E-state index contributed by atoms with van der Waals surface area (Å²) >= 11 is 0. The Hall–Kier alpha value is -1.75. The minimum Gasteiger partial charge on any atom is -0.398 e. The topological polar surface area (TPSA) is 75.4 Å². The average Bonchev–Trinajstić information content (AvgIpc) is 3.21. The van der Waals surface area contributed by atoms with Gasteiger partial charge in [0.15, 0.2) is 0 Å². The van der Waals surface area contributed by atoms with Crippen LogP contribution >= 0.6 is 12.4 Å². The van der Waals surface area contributed by atoms with Crippen LogP contribution in [0.5, 0.6) is 0 Å². The lowest BCUT2D eigenvalue weighted by Gasteiger charge is -2.35. The van der Waals surface area contributed by atoms with Crippen molar-refractivity contribution in [3.05, 3.63) is 23.8 Å². The van der Waals surface area contributed by atoms with Crippen LogP contribution in [0, 0.1) is 11.8 Å². The summed E-state index contributed by atoms with van der Waals surface area (Å²) in [5, 5.41) is 3.23. The van der Waals surface area contributed by atoms with E-state index in [4.69, 9.17) is 5.73 Å². The van der Waals surface area contributed by atoms with Crippen molar-refractivity contribution < 1.29 is 9.59 Å². The van der Waals surface area contributed by atoms with Gasteiger partial charge < -0.3 is 16.0 Å². The minimum absolute atomic E-state index is 0. The van der Waals surface area contributed by atoms with Gasteiger partial charge in [-0.15, -0.1) is 12.4 Å². The van der Waals surface area contributed by atoms with Crippen molar-refractivity contribution in [2.45, 2.75) is 76.7 Å². The molecule has 0 aromatic heterocycles. The molecule has 0 atom stereocenters. The van der Waals surface area contributed by atoms with Crippen LogP contribution in [0.2, 0.25) is 0 Å². The molecule has 0 radical (unpaired) electrons. The number of nitrogens with one attached hydrogen (secondary N) is 1. The van der Waals surface area contributed by atoms with E-state index in [0.717, 1.165) is 62.0 Å². The molecular formula is C23H34ClN3O2. The van der Waals surface area contributed by atoms with Gasteiger partial charge in [-0.25, -0.2) is 0 Å². The summed E-state index contributed by atoms with van der Waals surface area (Å²) in [4.78, 5) is 27.4. The number of rotatable bonds is 4. The third-order valence-electron chi connectivity index (χ3n) is 6.94. The number of hydrogen-bond acceptors (Lipinski definition) is 3. The van der Waals surface area contributed by atoms with Crippen LogP contribution in [0.3, 0.4) is 0 Å². The Labute approximate surface area is 180 Å². The molecule has 2 fully saturated rings. The first-order valence-electron chi connectivity index (χ1n) is 11.1. The Bertz CT molecular complexity index is 725. The summed E-state index contributed by atoms with van der Waals surface area (Å²) in [6.45, 7) is 0.785. The Morgan fingerprint density at radius 2 is 1.76 bits per heavy atom. The number of nitrogen functional groups attached to an aromatic ring is 1. The third kappa shape index (κ3) is 5.06. The van der Waals surface area contributed by atoms with Gasteiger partial charge in [0.1, 0.15) is 0 Å². The van der Waals surface area contributed by atoms with E-state index in [9.17, 15) is 9.59 Å². The van der Waals surface area contributed by atoms with Gasteiger partial charge in [-0.1, -0.05) is 18.9 Å². The Kier molecular flexibility index (Phi) is 7.44. The number of fused-ring (bicyclic) bond motifs is 1. The highest BCUT2D eigenvalue weighted by atomic mass is 35.5. The van der Waals surface area contributed by atoms with Gasteiger partial charge in [0.05, 0.1) is 0 Å². The quantitative estimate of drug-likeness (QED) is 0.717. The van der Waals surface area contributed by atoms with E-state index >= 15 is 0 Å². The molecule has 3 N–H and O–H groups in total. The molecule has 0 unspecified atom stereocenters. The molecule has 160 valence electrons. The van der Waals surface area contributed by atoms with E-state index in [0.29, 0.717) is 12.3 Å². The largest absolute Gasteiger partial charge is 0.398 e. The van der Waals surface area contributed by atoms with Crippen LogP contribution in [-0.2, 0) is 16.0 Å². The van der Waals surface area contributed by atoms with Crippen molar-refractivity contribution in [3.63, 3.8) is 0 Å². The molecule has 3 aliphatic rings. The molecule has 6 heteroatoms. The molecule has 2 saturated carbocycles. The zero-order valence-electron chi connectivity index (χ0n) is 17.2. The summed E-state index contributed by atoms with van der Waals surface area (Å²) in [7, 11) is 0. The summed E-state index contributed by atoms with van der Waals surface area (Å²) < 4.78 is 0. The van der Waals surface area contributed by atoms with Crippen molar-refractivity contribution in [1.29, 1.82) is 0 Å². The first-order valence-corrected chi connectivity index (χ1v) is 11.1. The molecule has 29 heavy (non-hydrogen) atoms. The Morgan fingerprint density at radius 1 is 1.03 bits per heavy atom. The summed E-state index contributed by atoms with van der Waals surface area (Å²) in [6, 6.07) is 6.13. The molecule has 4 rings (SSSR count). The number of hydrogen-bond donors (Lipinski definition) is 2. The molecule has 1 heterocycles. The van der Waals surface area contributed by atoms with E-state index in [-0.39, 0.29) is 36.2 Å². The van der Waals surface area contributed by atoms with Gasteiger partial charge in [-0.05, 0) is 75.0 Å². The van der Waals surface area contributed by atoms with Crippen LogP contribution in [0.1, 0.15) is 69.8 Å². The summed E-state index contributed by atoms with van der Waals surface area (Å²) in [5.41, 5.74) is 9.05. The maximum Gasteiger partial charge on any atom is 0.230 e. The van der Waals surface area contributed by atoms with E-state index in [1.165, 1.54) is 25.7 Å². The van der Waals surface area contributed by atoms with Gasteiger partial charge in [0.2, 0.25) is 11.8 Å². The zero-order valence-corrected chi connectivity index (χ0v) is 18.0. The minimum atomic E-state index is 0. The molecule has 2 aliphatic carbocycles. The first kappa shape index (κ1) is 21.9. The number of nitrogens with two attached hydrogens (primary N) is 1. The highest BCUT2D eigenvalue weighted by Gasteiger charge is 2.33. The van der Waals surface area contributed by atoms with Crippen LogP contribution < -0.4 is 16.0 Å². The number of nitrogens with zero attached hydrogens (tertiary/aromatic N) is 1. The highest BCUT2D eigenvalue weighted by Crippen LogP contribution is 2.35. The van der Waals surface area contributed by atoms with Crippen molar-refractivity contribution in [2.75, 3.05) is 17.2 Å². The Morgan fingerprint density at radius 3 is 2.48 bits per heavy atom. The summed E-state index contributed by atoms with van der Waals surface area (Å²) in [6.07, 6.45) is 11.1. The molecule has 1 aromatic rings. The monoisotopic (exact) mass is 419 g/mol. The molecule has 2 amide bonds. The molecule has 5 nitrogen and oxygen atoms in total. The lowest BCUT2D eigenvalue weighted by molar-refractivity contribution is -0.124. The van der Waals surface area contributed by atoms with Crippen molar-refractivity contribution in [2.24, 2.45) is 11.8 Å². The number of anilines is 2. The fourth-order valence-electron chi connectivity index (χ4n) is 5.35. The number of carbonyl (C=O) groups is 2. The molecule has 0 bridgehead atoms. The SMILES string of the molecule is Cl.Nc1cccc2c1CCCN2C(=O)C1CCC(NC(=O)CC2CCCC2)CC1. The molecule has 0 saturated heterocycles. The maximum atomic E-state index is 13.2. The van der Waals surface area contributed by atoms with Gasteiger partial charge in [0.25, 0.3) is 0 Å². The van der Waals surface area contributed by atoms with Crippen LogP contribution in [-0.4, -0.2) is 24.4 Å². The lowest BCUT2D eigenvalue weighted by Crippen LogP contribution is -2.44. The second-order valence-electron chi connectivity index (χ2n) is 8.91. The molecule has 1 aromatic carbocycles. The fourth-order valence-corrected chi connectivity index (χ4v) is 5.35. The van der Waals surface area contributed by atoms with Gasteiger partial charge >= 0.3 is 0 Å². The highest BCUT2D eigenvalue weighted by molar-refractivity contribution is 5.97. The van der Waals surface area contributed by atoms with Crippen LogP contribution in [0.15, 0.2) is 18.2 Å². The molecule has 1 aliphatic heterocycles. The zero-order chi connectivity index (χ0) is 19.5. The smallest absolute Gasteiger partial charge is 0.230 e. The van der Waals surface area contributed by atoms with Crippen LogP contribution in [0.4, 0.5) is 11.4 Å². The second-order valence-corrected chi connectivity index (χ2v) is 8.91. The molecular weight excluding hydrogens is 386 g/mol. The predicted molar refractivity (Wildman–Crippen MR) is 119 cm³/mol. The average molecular weight is 420 g/mol. The predicted octanol–water partition coefficient (Wildman–Crippen LogP) is 4.23.